The molecule has 20 heavy (non-hydrogen) atoms. The number of carbonyl (C=O) groups is 1. The molecule has 1 heterocycles. The molecule has 0 unspecified atom stereocenters. The van der Waals surface area contributed by atoms with E-state index in [0.717, 1.165) is 11.0 Å². The van der Waals surface area contributed by atoms with Crippen LogP contribution in [0.3, 0.4) is 0 Å². The minimum absolute atomic E-state index is 0.0166. The average molecular weight is 283 g/mol. The zero-order valence-corrected chi connectivity index (χ0v) is 11.3. The summed E-state index contributed by atoms with van der Waals surface area (Å²) in [5.41, 5.74) is 2.87. The highest BCUT2D eigenvalue weighted by Crippen LogP contribution is 2.14. The summed E-state index contributed by atoms with van der Waals surface area (Å²) in [4.78, 5) is 20.9. The fraction of sp³-hybridized carbons (Fsp3) is 0.0625. The second kappa shape index (κ2) is 5.39. The summed E-state index contributed by atoms with van der Waals surface area (Å²) in [6.45, 7) is 0. The Morgan fingerprint density at radius 2 is 1.85 bits per heavy atom. The van der Waals surface area contributed by atoms with E-state index in [2.05, 4.69) is 9.97 Å². The lowest BCUT2D eigenvalue weighted by Crippen LogP contribution is -2.05. The summed E-state index contributed by atoms with van der Waals surface area (Å²) in [6.07, 6.45) is 1.86. The standard InChI is InChI=1S/C16H11ClN2O/c17-12-5-3-4-11(8-12)16(20)9-13-10-18-14-6-1-2-7-15(14)19-13/h1-8,10H,9H2. The molecule has 0 bridgehead atoms. The highest BCUT2D eigenvalue weighted by molar-refractivity contribution is 6.31. The number of halogens is 1. The van der Waals surface area contributed by atoms with Gasteiger partial charge in [-0.2, -0.15) is 0 Å². The van der Waals surface area contributed by atoms with Gasteiger partial charge in [0.15, 0.2) is 5.78 Å². The van der Waals surface area contributed by atoms with E-state index < -0.39 is 0 Å². The number of fused-ring (bicyclic) bond motifs is 1. The molecule has 0 saturated heterocycles. The largest absolute Gasteiger partial charge is 0.294 e. The van der Waals surface area contributed by atoms with Crippen LogP contribution >= 0.6 is 11.6 Å². The maximum Gasteiger partial charge on any atom is 0.168 e. The lowest BCUT2D eigenvalue weighted by Gasteiger charge is -2.03. The number of ketones is 1. The summed E-state index contributed by atoms with van der Waals surface area (Å²) in [7, 11) is 0. The van der Waals surface area contributed by atoms with Gasteiger partial charge in [0.2, 0.25) is 0 Å². The van der Waals surface area contributed by atoms with Crippen molar-refractivity contribution in [2.24, 2.45) is 0 Å². The number of aromatic nitrogens is 2. The van der Waals surface area contributed by atoms with Gasteiger partial charge in [0.1, 0.15) is 0 Å². The molecule has 0 N–H and O–H groups in total. The van der Waals surface area contributed by atoms with Crippen LogP contribution in [0.5, 0.6) is 0 Å². The topological polar surface area (TPSA) is 42.9 Å². The van der Waals surface area contributed by atoms with Crippen LogP contribution in [0.1, 0.15) is 16.1 Å². The van der Waals surface area contributed by atoms with Crippen molar-refractivity contribution in [1.82, 2.24) is 9.97 Å². The number of rotatable bonds is 3. The summed E-state index contributed by atoms with van der Waals surface area (Å²) in [6, 6.07) is 14.5. The maximum atomic E-state index is 12.2. The summed E-state index contributed by atoms with van der Waals surface area (Å²) in [5, 5.41) is 0.556. The third-order valence-electron chi connectivity index (χ3n) is 2.99. The molecule has 3 rings (SSSR count). The highest BCUT2D eigenvalue weighted by atomic mass is 35.5. The minimum Gasteiger partial charge on any atom is -0.294 e. The van der Waals surface area contributed by atoms with Gasteiger partial charge in [-0.15, -0.1) is 0 Å². The van der Waals surface area contributed by atoms with Gasteiger partial charge < -0.3 is 0 Å². The van der Waals surface area contributed by atoms with E-state index >= 15 is 0 Å². The first-order valence-electron chi connectivity index (χ1n) is 6.22. The van der Waals surface area contributed by atoms with E-state index in [1.807, 2.05) is 24.3 Å². The molecule has 0 saturated carbocycles. The van der Waals surface area contributed by atoms with Gasteiger partial charge in [0.25, 0.3) is 0 Å². The minimum atomic E-state index is -0.0166. The van der Waals surface area contributed by atoms with Crippen LogP contribution in [0.2, 0.25) is 5.02 Å². The Kier molecular flexibility index (Phi) is 3.44. The number of nitrogens with zero attached hydrogens (tertiary/aromatic N) is 2. The maximum absolute atomic E-state index is 12.2. The number of benzene rings is 2. The van der Waals surface area contributed by atoms with E-state index in [1.54, 1.807) is 30.5 Å². The van der Waals surface area contributed by atoms with Crippen molar-refractivity contribution in [2.75, 3.05) is 0 Å². The molecule has 0 aliphatic heterocycles. The fourth-order valence-electron chi connectivity index (χ4n) is 2.01. The van der Waals surface area contributed by atoms with Gasteiger partial charge in [-0.25, -0.2) is 4.98 Å². The van der Waals surface area contributed by atoms with Crippen molar-refractivity contribution < 1.29 is 4.79 Å². The Morgan fingerprint density at radius 1 is 1.05 bits per heavy atom. The molecular weight excluding hydrogens is 272 g/mol. The van der Waals surface area contributed by atoms with Crippen LogP contribution in [0, 0.1) is 0 Å². The summed E-state index contributed by atoms with van der Waals surface area (Å²) < 4.78 is 0. The predicted molar refractivity (Wildman–Crippen MR) is 79.0 cm³/mol. The van der Waals surface area contributed by atoms with Crippen LogP contribution < -0.4 is 0 Å². The first kappa shape index (κ1) is 12.8. The quantitative estimate of drug-likeness (QED) is 0.688. The van der Waals surface area contributed by atoms with E-state index in [4.69, 9.17) is 11.6 Å². The first-order valence-corrected chi connectivity index (χ1v) is 6.59. The third-order valence-corrected chi connectivity index (χ3v) is 3.22. The van der Waals surface area contributed by atoms with Crippen molar-refractivity contribution in [2.45, 2.75) is 6.42 Å². The number of hydrogen-bond donors (Lipinski definition) is 0. The molecule has 0 fully saturated rings. The lowest BCUT2D eigenvalue weighted by molar-refractivity contribution is 0.0992. The monoisotopic (exact) mass is 282 g/mol. The number of hydrogen-bond acceptors (Lipinski definition) is 3. The zero-order valence-electron chi connectivity index (χ0n) is 10.6. The Bertz CT molecular complexity index is 786. The van der Waals surface area contributed by atoms with E-state index in [9.17, 15) is 4.79 Å². The average Bonchev–Trinajstić information content (AvgIpc) is 2.47. The van der Waals surface area contributed by atoms with Crippen molar-refractivity contribution in [3.8, 4) is 0 Å². The molecule has 1 aromatic heterocycles. The number of para-hydroxylation sites is 2. The van der Waals surface area contributed by atoms with Gasteiger partial charge >= 0.3 is 0 Å². The smallest absolute Gasteiger partial charge is 0.168 e. The molecule has 0 aliphatic carbocycles. The van der Waals surface area contributed by atoms with Crippen molar-refractivity contribution >= 4 is 28.4 Å². The van der Waals surface area contributed by atoms with Crippen LogP contribution in [0.15, 0.2) is 54.7 Å². The molecule has 2 aromatic carbocycles. The molecular formula is C16H11ClN2O. The van der Waals surface area contributed by atoms with Crippen molar-refractivity contribution in [3.05, 3.63) is 71.0 Å². The Morgan fingerprint density at radius 3 is 2.65 bits per heavy atom. The normalized spacial score (nSPS) is 10.7. The van der Waals surface area contributed by atoms with Gasteiger partial charge in [-0.3, -0.25) is 9.78 Å². The molecule has 3 aromatic rings. The molecule has 0 aliphatic rings. The molecule has 0 radical (unpaired) electrons. The zero-order chi connectivity index (χ0) is 13.9. The van der Waals surface area contributed by atoms with Gasteiger partial charge in [0, 0.05) is 16.8 Å². The third kappa shape index (κ3) is 2.68. The molecule has 4 heteroatoms. The second-order valence-corrected chi connectivity index (χ2v) is 4.90. The van der Waals surface area contributed by atoms with Gasteiger partial charge in [-0.1, -0.05) is 35.9 Å². The Labute approximate surface area is 121 Å². The molecule has 0 amide bonds. The summed E-state index contributed by atoms with van der Waals surface area (Å²) in [5.74, 6) is -0.0166. The highest BCUT2D eigenvalue weighted by Gasteiger charge is 2.09. The van der Waals surface area contributed by atoms with E-state index in [-0.39, 0.29) is 12.2 Å². The molecule has 3 nitrogen and oxygen atoms in total. The SMILES string of the molecule is O=C(Cc1cnc2ccccc2n1)c1cccc(Cl)c1. The number of Topliss-reactive ketones (excluding diaryl/α,β-unsaturated/α-hetero) is 1. The van der Waals surface area contributed by atoms with Crippen molar-refractivity contribution in [3.63, 3.8) is 0 Å². The molecule has 0 atom stereocenters. The number of carbonyl (C=O) groups excluding carboxylic acids is 1. The lowest BCUT2D eigenvalue weighted by atomic mass is 10.1. The fourth-order valence-corrected chi connectivity index (χ4v) is 2.20. The summed E-state index contributed by atoms with van der Waals surface area (Å²) >= 11 is 5.89. The molecule has 98 valence electrons. The van der Waals surface area contributed by atoms with E-state index in [0.29, 0.717) is 16.3 Å². The van der Waals surface area contributed by atoms with Crippen LogP contribution in [-0.4, -0.2) is 15.8 Å². The van der Waals surface area contributed by atoms with Gasteiger partial charge in [0.05, 0.1) is 23.1 Å². The second-order valence-electron chi connectivity index (χ2n) is 4.46. The first-order chi connectivity index (χ1) is 9.72. The van der Waals surface area contributed by atoms with Crippen LogP contribution in [-0.2, 0) is 6.42 Å². The molecule has 0 spiro atoms. The predicted octanol–water partition coefficient (Wildman–Crippen LogP) is 3.71. The Hall–Kier alpha value is -2.26. The van der Waals surface area contributed by atoms with E-state index in [1.165, 1.54) is 0 Å². The Balaban J connectivity index is 1.87. The van der Waals surface area contributed by atoms with Crippen molar-refractivity contribution in [1.29, 1.82) is 0 Å². The van der Waals surface area contributed by atoms with Crippen LogP contribution in [0.4, 0.5) is 0 Å². The van der Waals surface area contributed by atoms with Crippen LogP contribution in [0.25, 0.3) is 11.0 Å². The van der Waals surface area contributed by atoms with Gasteiger partial charge in [-0.05, 0) is 24.3 Å².